The van der Waals surface area contributed by atoms with Crippen molar-refractivity contribution in [3.05, 3.63) is 50.6 Å². The van der Waals surface area contributed by atoms with E-state index in [-0.39, 0.29) is 11.9 Å². The number of rotatable bonds is 3. The lowest BCUT2D eigenvalue weighted by Gasteiger charge is -2.07. The van der Waals surface area contributed by atoms with Gasteiger partial charge in [0.15, 0.2) is 0 Å². The first-order valence-electron chi connectivity index (χ1n) is 5.75. The third-order valence-corrected chi connectivity index (χ3v) is 3.54. The number of nitrogens with zero attached hydrogens (tertiary/aromatic N) is 3. The summed E-state index contributed by atoms with van der Waals surface area (Å²) in [6, 6.07) is 7.85. The van der Waals surface area contributed by atoms with Crippen molar-refractivity contribution in [2.75, 3.05) is 0 Å². The highest BCUT2D eigenvalue weighted by atomic mass is 79.9. The minimum atomic E-state index is -0.509. The highest BCUT2D eigenvalue weighted by Gasteiger charge is 2.26. The number of hydrogen-bond acceptors (Lipinski definition) is 4. The molecule has 1 unspecified atom stereocenters. The summed E-state index contributed by atoms with van der Waals surface area (Å²) in [5, 5.41) is 14.6. The molecule has 1 atom stereocenters. The molecule has 19 heavy (non-hydrogen) atoms. The maximum Gasteiger partial charge on any atom is 0.404 e. The number of nitro groups is 1. The molecule has 1 aliphatic heterocycles. The lowest BCUT2D eigenvalue weighted by molar-refractivity contribution is -0.390. The first-order valence-corrected chi connectivity index (χ1v) is 6.54. The van der Waals surface area contributed by atoms with Crippen LogP contribution in [-0.2, 0) is 13.0 Å². The molecule has 0 radical (unpaired) electrons. The Balaban J connectivity index is 1.74. The fourth-order valence-electron chi connectivity index (χ4n) is 2.17. The van der Waals surface area contributed by atoms with Crippen LogP contribution in [-0.4, -0.2) is 20.8 Å². The predicted molar refractivity (Wildman–Crippen MR) is 71.1 cm³/mol. The van der Waals surface area contributed by atoms with Crippen molar-refractivity contribution in [3.8, 4) is 5.75 Å². The Morgan fingerprint density at radius 3 is 3.00 bits per heavy atom. The van der Waals surface area contributed by atoms with Crippen LogP contribution in [0.15, 0.2) is 34.9 Å². The van der Waals surface area contributed by atoms with Crippen molar-refractivity contribution >= 4 is 21.7 Å². The molecule has 0 saturated heterocycles. The number of hydrogen-bond donors (Lipinski definition) is 0. The summed E-state index contributed by atoms with van der Waals surface area (Å²) in [4.78, 5) is 10.2. The van der Waals surface area contributed by atoms with Crippen molar-refractivity contribution in [1.82, 2.24) is 9.78 Å². The highest BCUT2D eigenvalue weighted by molar-refractivity contribution is 9.10. The standard InChI is InChI=1S/C12H10BrN3O3/c13-10-7-15(14-12(10)16(17)18)6-9-5-8-3-1-2-4-11(8)19-9/h1-4,7,9H,5-6H2. The second kappa shape index (κ2) is 4.65. The van der Waals surface area contributed by atoms with Gasteiger partial charge in [0.05, 0.1) is 17.8 Å². The predicted octanol–water partition coefficient (Wildman–Crippen LogP) is 2.56. The largest absolute Gasteiger partial charge is 0.488 e. The van der Waals surface area contributed by atoms with Gasteiger partial charge >= 0.3 is 5.82 Å². The SMILES string of the molecule is O=[N+]([O-])c1nn(CC2Cc3ccccc3O2)cc1Br. The molecule has 0 aliphatic carbocycles. The molecule has 0 fully saturated rings. The van der Waals surface area contributed by atoms with E-state index in [9.17, 15) is 10.1 Å². The van der Waals surface area contributed by atoms with Crippen LogP contribution in [0.25, 0.3) is 0 Å². The van der Waals surface area contributed by atoms with Crippen LogP contribution >= 0.6 is 15.9 Å². The van der Waals surface area contributed by atoms with E-state index in [0.29, 0.717) is 11.0 Å². The maximum atomic E-state index is 10.7. The third kappa shape index (κ3) is 2.33. The number of ether oxygens (including phenoxy) is 1. The van der Waals surface area contributed by atoms with Gasteiger partial charge in [-0.3, -0.25) is 0 Å². The number of halogens is 1. The zero-order chi connectivity index (χ0) is 13.4. The molecule has 7 heteroatoms. The Labute approximate surface area is 117 Å². The Hall–Kier alpha value is -1.89. The lowest BCUT2D eigenvalue weighted by atomic mass is 10.1. The molecule has 1 aromatic carbocycles. The van der Waals surface area contributed by atoms with Crippen molar-refractivity contribution in [2.24, 2.45) is 0 Å². The van der Waals surface area contributed by atoms with Crippen molar-refractivity contribution in [1.29, 1.82) is 0 Å². The molecular formula is C12H10BrN3O3. The van der Waals surface area contributed by atoms with Crippen LogP contribution in [0.1, 0.15) is 5.56 Å². The van der Waals surface area contributed by atoms with Gasteiger partial charge in [-0.05, 0) is 32.5 Å². The Bertz CT molecular complexity index is 616. The van der Waals surface area contributed by atoms with Crippen molar-refractivity contribution < 1.29 is 9.66 Å². The monoisotopic (exact) mass is 323 g/mol. The van der Waals surface area contributed by atoms with E-state index in [4.69, 9.17) is 4.74 Å². The molecule has 3 rings (SSSR count). The molecule has 98 valence electrons. The minimum Gasteiger partial charge on any atom is -0.488 e. The zero-order valence-corrected chi connectivity index (χ0v) is 11.4. The molecule has 2 aromatic rings. The first-order chi connectivity index (χ1) is 9.13. The smallest absolute Gasteiger partial charge is 0.404 e. The van der Waals surface area contributed by atoms with Crippen LogP contribution in [0.4, 0.5) is 5.82 Å². The average molecular weight is 324 g/mol. The molecule has 0 amide bonds. The summed E-state index contributed by atoms with van der Waals surface area (Å²) in [6.45, 7) is 0.487. The van der Waals surface area contributed by atoms with Gasteiger partial charge in [0.1, 0.15) is 16.3 Å². The van der Waals surface area contributed by atoms with Crippen LogP contribution in [0.5, 0.6) is 5.75 Å². The van der Waals surface area contributed by atoms with Crippen LogP contribution < -0.4 is 4.74 Å². The van der Waals surface area contributed by atoms with Gasteiger partial charge in [-0.15, -0.1) is 0 Å². The highest BCUT2D eigenvalue weighted by Crippen LogP contribution is 2.29. The van der Waals surface area contributed by atoms with Gasteiger partial charge in [0, 0.05) is 6.42 Å². The number of fused-ring (bicyclic) bond motifs is 1. The molecule has 0 saturated carbocycles. The normalized spacial score (nSPS) is 17.0. The van der Waals surface area contributed by atoms with E-state index >= 15 is 0 Å². The first kappa shape index (κ1) is 12.2. The van der Waals surface area contributed by atoms with E-state index in [1.165, 1.54) is 0 Å². The lowest BCUT2D eigenvalue weighted by Crippen LogP contribution is -2.21. The average Bonchev–Trinajstić information content (AvgIpc) is 2.92. The molecular weight excluding hydrogens is 314 g/mol. The summed E-state index contributed by atoms with van der Waals surface area (Å²) in [7, 11) is 0. The van der Waals surface area contributed by atoms with Crippen LogP contribution in [0.2, 0.25) is 0 Å². The van der Waals surface area contributed by atoms with Gasteiger partial charge in [0.2, 0.25) is 0 Å². The van der Waals surface area contributed by atoms with E-state index in [0.717, 1.165) is 17.7 Å². The van der Waals surface area contributed by atoms with Gasteiger partial charge in [0.25, 0.3) is 0 Å². The van der Waals surface area contributed by atoms with E-state index in [1.54, 1.807) is 10.9 Å². The van der Waals surface area contributed by atoms with Crippen molar-refractivity contribution in [3.63, 3.8) is 0 Å². The molecule has 0 N–H and O–H groups in total. The topological polar surface area (TPSA) is 70.2 Å². The van der Waals surface area contributed by atoms with Crippen molar-refractivity contribution in [2.45, 2.75) is 19.1 Å². The fourth-order valence-corrected chi connectivity index (χ4v) is 2.63. The van der Waals surface area contributed by atoms with Gasteiger partial charge in [-0.1, -0.05) is 18.2 Å². The zero-order valence-electron chi connectivity index (χ0n) is 9.82. The number of para-hydroxylation sites is 1. The van der Waals surface area contributed by atoms with Crippen LogP contribution in [0, 0.1) is 10.1 Å². The summed E-state index contributed by atoms with van der Waals surface area (Å²) in [5.74, 6) is 0.712. The summed E-state index contributed by atoms with van der Waals surface area (Å²) < 4.78 is 7.70. The Morgan fingerprint density at radius 1 is 1.53 bits per heavy atom. The maximum absolute atomic E-state index is 10.7. The van der Waals surface area contributed by atoms with Crippen LogP contribution in [0.3, 0.4) is 0 Å². The third-order valence-electron chi connectivity index (χ3n) is 2.98. The second-order valence-corrected chi connectivity index (χ2v) is 5.19. The Morgan fingerprint density at radius 2 is 2.32 bits per heavy atom. The fraction of sp³-hybridized carbons (Fsp3) is 0.250. The summed E-state index contributed by atoms with van der Waals surface area (Å²) >= 11 is 3.13. The molecule has 1 aromatic heterocycles. The van der Waals surface area contributed by atoms with E-state index < -0.39 is 4.92 Å². The van der Waals surface area contributed by atoms with E-state index in [1.807, 2.05) is 24.3 Å². The molecule has 6 nitrogen and oxygen atoms in total. The van der Waals surface area contributed by atoms with Gasteiger partial charge in [-0.25, -0.2) is 0 Å². The van der Waals surface area contributed by atoms with E-state index in [2.05, 4.69) is 21.0 Å². The Kier molecular flexibility index (Phi) is 2.98. The number of aromatic nitrogens is 2. The van der Waals surface area contributed by atoms with Gasteiger partial charge < -0.3 is 14.9 Å². The molecule has 0 bridgehead atoms. The summed E-state index contributed by atoms with van der Waals surface area (Å²) in [5.41, 5.74) is 1.16. The second-order valence-electron chi connectivity index (χ2n) is 4.33. The summed E-state index contributed by atoms with van der Waals surface area (Å²) in [6.07, 6.45) is 2.36. The minimum absolute atomic E-state index is 0.0381. The number of benzene rings is 1. The van der Waals surface area contributed by atoms with Gasteiger partial charge in [-0.2, -0.15) is 4.68 Å². The molecule has 1 aliphatic rings. The quantitative estimate of drug-likeness (QED) is 0.643. The molecule has 0 spiro atoms. The molecule has 2 heterocycles.